The second-order valence-corrected chi connectivity index (χ2v) is 5.82. The van der Waals surface area contributed by atoms with Crippen LogP contribution in [0.3, 0.4) is 0 Å². The van der Waals surface area contributed by atoms with Crippen LogP contribution in [0.25, 0.3) is 0 Å². The molecule has 0 radical (unpaired) electrons. The summed E-state index contributed by atoms with van der Waals surface area (Å²) in [7, 11) is 0. The number of carboxylic acids is 1. The Bertz CT molecular complexity index is 490. The van der Waals surface area contributed by atoms with Gasteiger partial charge in [-0.2, -0.15) is 0 Å². The van der Waals surface area contributed by atoms with E-state index in [0.29, 0.717) is 25.7 Å². The van der Waals surface area contributed by atoms with Crippen molar-refractivity contribution in [2.45, 2.75) is 71.1 Å². The summed E-state index contributed by atoms with van der Waals surface area (Å²) in [5, 5.41) is 19.5. The molecule has 0 aliphatic carbocycles. The predicted molar refractivity (Wildman–Crippen MR) is 102 cm³/mol. The summed E-state index contributed by atoms with van der Waals surface area (Å²) in [6.45, 7) is 2.18. The molecular formula is C20H31NO4. The van der Waals surface area contributed by atoms with Crippen LogP contribution < -0.4 is 0 Å². The van der Waals surface area contributed by atoms with E-state index in [9.17, 15) is 14.9 Å². The van der Waals surface area contributed by atoms with Crippen LogP contribution in [0.5, 0.6) is 0 Å². The van der Waals surface area contributed by atoms with Crippen molar-refractivity contribution in [1.82, 2.24) is 0 Å². The minimum absolute atomic E-state index is 0.151. The summed E-state index contributed by atoms with van der Waals surface area (Å²) in [6, 6.07) is 0. The van der Waals surface area contributed by atoms with E-state index in [1.54, 1.807) is 6.08 Å². The van der Waals surface area contributed by atoms with Gasteiger partial charge in [-0.25, -0.2) is 0 Å². The Balaban J connectivity index is 4.03. The third kappa shape index (κ3) is 16.5. The van der Waals surface area contributed by atoms with Crippen LogP contribution in [-0.2, 0) is 4.79 Å². The molecular weight excluding hydrogens is 318 g/mol. The number of carbonyl (C=O) groups is 1. The standard InChI is InChI=1S/C20H31NO4/c1-2-3-4-5-6-7-8-10-13-16-19(21(24)25)17-14-11-9-12-15-18-20(22)23/h6-7,9-11,13,17H,2-5,8,12,14-16,18H2,1H3,(H,22,23)/b7-6+,11-9+,13-10+,19-17-. The minimum Gasteiger partial charge on any atom is -0.481 e. The lowest BCUT2D eigenvalue weighted by atomic mass is 10.2. The summed E-state index contributed by atoms with van der Waals surface area (Å²) < 4.78 is 0. The molecule has 0 saturated carbocycles. The van der Waals surface area contributed by atoms with Crippen LogP contribution >= 0.6 is 0 Å². The topological polar surface area (TPSA) is 80.4 Å². The van der Waals surface area contributed by atoms with Crippen molar-refractivity contribution >= 4 is 5.97 Å². The summed E-state index contributed by atoms with van der Waals surface area (Å²) >= 11 is 0. The maximum Gasteiger partial charge on any atom is 0.303 e. The number of unbranched alkanes of at least 4 members (excludes halogenated alkanes) is 4. The van der Waals surface area contributed by atoms with E-state index in [-0.39, 0.29) is 17.0 Å². The smallest absolute Gasteiger partial charge is 0.303 e. The van der Waals surface area contributed by atoms with Crippen LogP contribution in [0.1, 0.15) is 71.1 Å². The first kappa shape index (κ1) is 22.8. The lowest BCUT2D eigenvalue weighted by Gasteiger charge is -1.94. The number of aliphatic carboxylic acids is 1. The number of carboxylic acid groups (broad SMARTS) is 1. The van der Waals surface area contributed by atoms with Crippen LogP contribution in [0.2, 0.25) is 0 Å². The Labute approximate surface area is 151 Å². The minimum atomic E-state index is -0.800. The van der Waals surface area contributed by atoms with Gasteiger partial charge in [-0.3, -0.25) is 14.9 Å². The molecule has 1 N–H and O–H groups in total. The highest BCUT2D eigenvalue weighted by molar-refractivity contribution is 5.66. The average Bonchev–Trinajstić information content (AvgIpc) is 2.57. The van der Waals surface area contributed by atoms with Crippen molar-refractivity contribution in [3.63, 3.8) is 0 Å². The van der Waals surface area contributed by atoms with Crippen LogP contribution in [-0.4, -0.2) is 16.0 Å². The fourth-order valence-corrected chi connectivity index (χ4v) is 2.13. The summed E-state index contributed by atoms with van der Waals surface area (Å²) in [5.41, 5.74) is 0.193. The molecule has 0 aliphatic heterocycles. The lowest BCUT2D eigenvalue weighted by molar-refractivity contribution is -0.427. The fourth-order valence-electron chi connectivity index (χ4n) is 2.13. The molecule has 0 aromatic carbocycles. The van der Waals surface area contributed by atoms with E-state index in [1.165, 1.54) is 19.3 Å². The van der Waals surface area contributed by atoms with Gasteiger partial charge in [0.25, 0.3) is 0 Å². The van der Waals surface area contributed by atoms with Crippen molar-refractivity contribution in [1.29, 1.82) is 0 Å². The van der Waals surface area contributed by atoms with E-state index in [0.717, 1.165) is 12.8 Å². The van der Waals surface area contributed by atoms with Gasteiger partial charge in [0.05, 0.1) is 11.3 Å². The van der Waals surface area contributed by atoms with Gasteiger partial charge in [0, 0.05) is 6.42 Å². The lowest BCUT2D eigenvalue weighted by Crippen LogP contribution is -1.97. The van der Waals surface area contributed by atoms with Gasteiger partial charge in [-0.15, -0.1) is 0 Å². The maximum absolute atomic E-state index is 11.0. The highest BCUT2D eigenvalue weighted by atomic mass is 16.6. The quantitative estimate of drug-likeness (QED) is 0.175. The molecule has 0 aromatic rings. The van der Waals surface area contributed by atoms with Gasteiger partial charge < -0.3 is 5.11 Å². The van der Waals surface area contributed by atoms with E-state index in [2.05, 4.69) is 19.1 Å². The van der Waals surface area contributed by atoms with Crippen molar-refractivity contribution in [3.8, 4) is 0 Å². The highest BCUT2D eigenvalue weighted by Gasteiger charge is 2.06. The number of nitrogens with zero attached hydrogens (tertiary/aromatic N) is 1. The fraction of sp³-hybridized carbons (Fsp3) is 0.550. The van der Waals surface area contributed by atoms with Crippen molar-refractivity contribution in [2.75, 3.05) is 0 Å². The molecule has 0 bridgehead atoms. The SMILES string of the molecule is CCCCC/C=C/C/C=C/C/C(=C/C/C=C/CCCC(=O)O)[N+](=O)[O-]. The second kappa shape index (κ2) is 16.7. The molecule has 0 fully saturated rings. The van der Waals surface area contributed by atoms with Gasteiger partial charge in [0.15, 0.2) is 0 Å². The third-order valence-electron chi connectivity index (χ3n) is 3.56. The Kier molecular flexibility index (Phi) is 15.2. The molecule has 0 aliphatic rings. The Morgan fingerprint density at radius 2 is 1.60 bits per heavy atom. The van der Waals surface area contributed by atoms with E-state index in [4.69, 9.17) is 5.11 Å². The van der Waals surface area contributed by atoms with Crippen molar-refractivity contribution < 1.29 is 14.8 Å². The second-order valence-electron chi connectivity index (χ2n) is 5.82. The zero-order valence-electron chi connectivity index (χ0n) is 15.2. The number of nitro groups is 1. The van der Waals surface area contributed by atoms with Gasteiger partial charge in [0.2, 0.25) is 5.70 Å². The molecule has 140 valence electrons. The molecule has 0 unspecified atom stereocenters. The van der Waals surface area contributed by atoms with Crippen molar-refractivity contribution in [3.05, 3.63) is 58.3 Å². The molecule has 0 rings (SSSR count). The monoisotopic (exact) mass is 349 g/mol. The first-order chi connectivity index (χ1) is 12.1. The molecule has 5 nitrogen and oxygen atoms in total. The zero-order chi connectivity index (χ0) is 18.8. The number of rotatable bonds is 15. The largest absolute Gasteiger partial charge is 0.481 e. The average molecular weight is 349 g/mol. The Morgan fingerprint density at radius 3 is 2.24 bits per heavy atom. The predicted octanol–water partition coefficient (Wildman–Crippen LogP) is 5.82. The molecule has 0 atom stereocenters. The van der Waals surface area contributed by atoms with Crippen molar-refractivity contribution in [2.24, 2.45) is 0 Å². The molecule has 25 heavy (non-hydrogen) atoms. The first-order valence-electron chi connectivity index (χ1n) is 9.08. The molecule has 0 saturated heterocycles. The van der Waals surface area contributed by atoms with Crippen LogP contribution in [0.15, 0.2) is 48.2 Å². The molecule has 0 amide bonds. The summed E-state index contributed by atoms with van der Waals surface area (Å²) in [4.78, 5) is 21.0. The molecule has 5 heteroatoms. The number of hydrogen-bond acceptors (Lipinski definition) is 3. The van der Waals surface area contributed by atoms with Crippen LogP contribution in [0, 0.1) is 10.1 Å². The molecule has 0 heterocycles. The van der Waals surface area contributed by atoms with E-state index >= 15 is 0 Å². The van der Waals surface area contributed by atoms with Gasteiger partial charge in [0.1, 0.15) is 0 Å². The zero-order valence-corrected chi connectivity index (χ0v) is 15.2. The maximum atomic E-state index is 11.0. The molecule has 0 spiro atoms. The summed E-state index contributed by atoms with van der Waals surface area (Å²) in [6.07, 6.45) is 21.2. The normalized spacial score (nSPS) is 12.6. The van der Waals surface area contributed by atoms with Gasteiger partial charge in [-0.05, 0) is 44.6 Å². The molecule has 0 aromatic heterocycles. The number of hydrogen-bond donors (Lipinski definition) is 1. The van der Waals surface area contributed by atoms with Gasteiger partial charge in [-0.1, -0.05) is 56.2 Å². The first-order valence-corrected chi connectivity index (χ1v) is 9.08. The Morgan fingerprint density at radius 1 is 0.960 bits per heavy atom. The van der Waals surface area contributed by atoms with Crippen LogP contribution in [0.4, 0.5) is 0 Å². The number of allylic oxidation sites excluding steroid dienone is 7. The Hall–Kier alpha value is -2.17. The third-order valence-corrected chi connectivity index (χ3v) is 3.56. The van der Waals surface area contributed by atoms with E-state index in [1.807, 2.05) is 24.3 Å². The van der Waals surface area contributed by atoms with Gasteiger partial charge >= 0.3 is 5.97 Å². The highest BCUT2D eigenvalue weighted by Crippen LogP contribution is 2.07. The summed E-state index contributed by atoms with van der Waals surface area (Å²) in [5.74, 6) is -0.800. The van der Waals surface area contributed by atoms with E-state index < -0.39 is 5.97 Å².